The van der Waals surface area contributed by atoms with Gasteiger partial charge in [0.25, 0.3) is 5.56 Å². The lowest BCUT2D eigenvalue weighted by atomic mass is 9.97. The summed E-state index contributed by atoms with van der Waals surface area (Å²) in [5.41, 5.74) is 2.85. The number of aryl methyl sites for hydroxylation is 1. The fourth-order valence-electron chi connectivity index (χ4n) is 4.85. The minimum atomic E-state index is -1.23. The molecule has 202 valence electrons. The number of benzene rings is 1. The molecule has 3 aromatic heterocycles. The van der Waals surface area contributed by atoms with Crippen LogP contribution in [0.1, 0.15) is 13.3 Å². The third-order valence-corrected chi connectivity index (χ3v) is 9.57. The van der Waals surface area contributed by atoms with Gasteiger partial charge < -0.3 is 18.8 Å². The lowest BCUT2D eigenvalue weighted by Crippen LogP contribution is -2.41. The summed E-state index contributed by atoms with van der Waals surface area (Å²) in [6.07, 6.45) is 5.29. The van der Waals surface area contributed by atoms with Crippen molar-refractivity contribution in [1.82, 2.24) is 19.1 Å². The standard InChI is InChI=1S/C28H35ClFN5O2Si/c1-18-8-11-34(16-23(18)30)24-14-31-26-22(15-35(27(26)32-24)17-37-12-13-38(3,4)5)19-6-7-21-20(25(19)29)9-10-33(2)28(21)36/h6-7,9-10,14-15,18,23H,8,11-13,16-17H2,1-5H3/t18-,23+/m0/s1. The van der Waals surface area contributed by atoms with Gasteiger partial charge in [-0.1, -0.05) is 44.2 Å². The second-order valence-corrected chi connectivity index (χ2v) is 17.6. The molecule has 0 aliphatic carbocycles. The second kappa shape index (κ2) is 10.4. The molecule has 38 heavy (non-hydrogen) atoms. The number of hydrogen-bond donors (Lipinski definition) is 0. The van der Waals surface area contributed by atoms with Crippen molar-refractivity contribution in [3.8, 4) is 11.1 Å². The summed E-state index contributed by atoms with van der Waals surface area (Å²) in [4.78, 5) is 24.3. The van der Waals surface area contributed by atoms with E-state index in [1.807, 2.05) is 40.8 Å². The SMILES string of the molecule is C[C@H]1CCN(c2cnc3c(-c4ccc5c(=O)n(C)ccc5c4Cl)cn(COCC[Si](C)(C)C)c3n2)C[C@H]1F. The lowest BCUT2D eigenvalue weighted by molar-refractivity contribution is 0.0899. The Hall–Kier alpha value is -2.75. The number of nitrogens with zero attached hydrogens (tertiary/aromatic N) is 5. The molecule has 1 aromatic carbocycles. The van der Waals surface area contributed by atoms with Gasteiger partial charge in [-0.05, 0) is 30.5 Å². The highest BCUT2D eigenvalue weighted by Crippen LogP contribution is 2.38. The summed E-state index contributed by atoms with van der Waals surface area (Å²) in [6.45, 7) is 11.0. The Labute approximate surface area is 228 Å². The highest BCUT2D eigenvalue weighted by atomic mass is 35.5. The Morgan fingerprint density at radius 2 is 1.97 bits per heavy atom. The zero-order valence-corrected chi connectivity index (χ0v) is 24.4. The molecule has 0 spiro atoms. The predicted octanol–water partition coefficient (Wildman–Crippen LogP) is 6.10. The van der Waals surface area contributed by atoms with Gasteiger partial charge in [-0.25, -0.2) is 14.4 Å². The second-order valence-electron chi connectivity index (χ2n) is 11.6. The minimum Gasteiger partial charge on any atom is -0.361 e. The van der Waals surface area contributed by atoms with Crippen LogP contribution >= 0.6 is 11.6 Å². The van der Waals surface area contributed by atoms with Gasteiger partial charge in [0.1, 0.15) is 24.2 Å². The van der Waals surface area contributed by atoms with E-state index < -0.39 is 14.2 Å². The Balaban J connectivity index is 1.57. The van der Waals surface area contributed by atoms with E-state index in [1.54, 1.807) is 19.4 Å². The van der Waals surface area contributed by atoms with E-state index in [1.165, 1.54) is 4.57 Å². The molecule has 1 saturated heterocycles. The van der Waals surface area contributed by atoms with E-state index in [-0.39, 0.29) is 11.5 Å². The van der Waals surface area contributed by atoms with Gasteiger partial charge in [-0.3, -0.25) is 4.79 Å². The van der Waals surface area contributed by atoms with Gasteiger partial charge in [0, 0.05) is 62.6 Å². The molecule has 4 heterocycles. The number of fused-ring (bicyclic) bond motifs is 2. The highest BCUT2D eigenvalue weighted by Gasteiger charge is 2.27. The maximum absolute atomic E-state index is 14.5. The van der Waals surface area contributed by atoms with Crippen LogP contribution in [0, 0.1) is 5.92 Å². The topological polar surface area (TPSA) is 65.2 Å². The molecule has 5 rings (SSSR count). The van der Waals surface area contributed by atoms with Gasteiger partial charge in [0.2, 0.25) is 0 Å². The van der Waals surface area contributed by atoms with Crippen molar-refractivity contribution in [2.45, 2.75) is 51.9 Å². The number of halogens is 2. The smallest absolute Gasteiger partial charge is 0.258 e. The van der Waals surface area contributed by atoms with E-state index in [0.29, 0.717) is 52.7 Å². The monoisotopic (exact) mass is 555 g/mol. The fraction of sp³-hybridized carbons (Fsp3) is 0.464. The lowest BCUT2D eigenvalue weighted by Gasteiger charge is -2.33. The highest BCUT2D eigenvalue weighted by molar-refractivity contribution is 6.76. The molecule has 0 radical (unpaired) electrons. The molecule has 1 aliphatic rings. The summed E-state index contributed by atoms with van der Waals surface area (Å²) >= 11 is 6.89. The van der Waals surface area contributed by atoms with E-state index in [0.717, 1.165) is 30.1 Å². The number of rotatable bonds is 7. The van der Waals surface area contributed by atoms with Crippen LogP contribution in [0.25, 0.3) is 33.1 Å². The number of alkyl halides is 1. The fourth-order valence-corrected chi connectivity index (χ4v) is 5.94. The van der Waals surface area contributed by atoms with Crippen molar-refractivity contribution in [3.05, 3.63) is 52.2 Å². The summed E-state index contributed by atoms with van der Waals surface area (Å²) in [5, 5.41) is 1.76. The molecule has 1 fully saturated rings. The first-order chi connectivity index (χ1) is 18.0. The molecule has 0 bridgehead atoms. The molecule has 2 atom stereocenters. The Morgan fingerprint density at radius 1 is 1.18 bits per heavy atom. The first kappa shape index (κ1) is 26.8. The number of ether oxygens (including phenoxy) is 1. The molecule has 0 N–H and O–H groups in total. The molecule has 1 aliphatic heterocycles. The van der Waals surface area contributed by atoms with Gasteiger partial charge in [0.15, 0.2) is 5.65 Å². The number of piperidine rings is 1. The van der Waals surface area contributed by atoms with Crippen LogP contribution in [0.15, 0.2) is 41.6 Å². The summed E-state index contributed by atoms with van der Waals surface area (Å²) in [5.74, 6) is 0.707. The van der Waals surface area contributed by atoms with Crippen LogP contribution in [-0.4, -0.2) is 53.0 Å². The molecule has 0 amide bonds. The zero-order chi connectivity index (χ0) is 27.2. The third-order valence-electron chi connectivity index (χ3n) is 7.46. The maximum atomic E-state index is 14.5. The summed E-state index contributed by atoms with van der Waals surface area (Å²) in [7, 11) is 0.491. The first-order valence-corrected chi connectivity index (χ1v) is 17.2. The van der Waals surface area contributed by atoms with E-state index in [2.05, 4.69) is 19.6 Å². The van der Waals surface area contributed by atoms with Crippen LogP contribution < -0.4 is 10.5 Å². The quantitative estimate of drug-likeness (QED) is 0.204. The van der Waals surface area contributed by atoms with E-state index in [4.69, 9.17) is 26.3 Å². The number of anilines is 1. The Kier molecular flexibility index (Phi) is 7.37. The number of aromatic nitrogens is 4. The van der Waals surface area contributed by atoms with Crippen molar-refractivity contribution >= 4 is 47.4 Å². The zero-order valence-electron chi connectivity index (χ0n) is 22.7. The van der Waals surface area contributed by atoms with Crippen LogP contribution in [0.4, 0.5) is 10.2 Å². The molecule has 7 nitrogen and oxygen atoms in total. The number of pyridine rings is 1. The molecule has 10 heteroatoms. The average molecular weight is 556 g/mol. The number of hydrogen-bond acceptors (Lipinski definition) is 5. The van der Waals surface area contributed by atoms with Crippen molar-refractivity contribution in [1.29, 1.82) is 0 Å². The summed E-state index contributed by atoms with van der Waals surface area (Å²) < 4.78 is 24.1. The average Bonchev–Trinajstić information content (AvgIpc) is 3.23. The van der Waals surface area contributed by atoms with Crippen molar-refractivity contribution in [2.24, 2.45) is 13.0 Å². The van der Waals surface area contributed by atoms with Crippen molar-refractivity contribution in [3.63, 3.8) is 0 Å². The van der Waals surface area contributed by atoms with Gasteiger partial charge in [-0.2, -0.15) is 0 Å². The van der Waals surface area contributed by atoms with Crippen LogP contribution in [0.3, 0.4) is 0 Å². The first-order valence-electron chi connectivity index (χ1n) is 13.1. The van der Waals surface area contributed by atoms with Crippen LogP contribution in [-0.2, 0) is 18.5 Å². The van der Waals surface area contributed by atoms with E-state index >= 15 is 0 Å². The van der Waals surface area contributed by atoms with Gasteiger partial charge in [-0.15, -0.1) is 0 Å². The predicted molar refractivity (Wildman–Crippen MR) is 156 cm³/mol. The molecular weight excluding hydrogens is 521 g/mol. The molecule has 4 aromatic rings. The third kappa shape index (κ3) is 5.24. The molecule has 0 saturated carbocycles. The van der Waals surface area contributed by atoms with Crippen molar-refractivity contribution in [2.75, 3.05) is 24.6 Å². The largest absolute Gasteiger partial charge is 0.361 e. The van der Waals surface area contributed by atoms with Crippen LogP contribution in [0.5, 0.6) is 0 Å². The Bertz CT molecular complexity index is 1550. The molecular formula is C28H35ClFN5O2Si. The molecule has 0 unspecified atom stereocenters. The van der Waals surface area contributed by atoms with Gasteiger partial charge in [0.05, 0.1) is 17.8 Å². The van der Waals surface area contributed by atoms with Crippen molar-refractivity contribution < 1.29 is 9.13 Å². The van der Waals surface area contributed by atoms with Gasteiger partial charge >= 0.3 is 0 Å². The summed E-state index contributed by atoms with van der Waals surface area (Å²) in [6, 6.07) is 6.60. The van der Waals surface area contributed by atoms with E-state index in [9.17, 15) is 9.18 Å². The maximum Gasteiger partial charge on any atom is 0.258 e. The van der Waals surface area contributed by atoms with Crippen LogP contribution in [0.2, 0.25) is 30.7 Å². The Morgan fingerprint density at radius 3 is 2.71 bits per heavy atom. The normalized spacial score (nSPS) is 18.6. The minimum absolute atomic E-state index is 0.0463.